The highest BCUT2D eigenvalue weighted by molar-refractivity contribution is 5.76. The molecule has 1 aliphatic heterocycles. The first-order chi connectivity index (χ1) is 8.69. The van der Waals surface area contributed by atoms with Gasteiger partial charge in [-0.05, 0) is 51.1 Å². The minimum absolute atomic E-state index is 0.358. The lowest BCUT2D eigenvalue weighted by molar-refractivity contribution is -0.132. The molecule has 0 radical (unpaired) electrons. The molecule has 1 heterocycles. The summed E-state index contributed by atoms with van der Waals surface area (Å²) in [5, 5.41) is 3.39. The van der Waals surface area contributed by atoms with Gasteiger partial charge in [-0.1, -0.05) is 20.3 Å². The van der Waals surface area contributed by atoms with E-state index in [1.165, 1.54) is 12.8 Å². The maximum Gasteiger partial charge on any atom is 0.222 e. The Morgan fingerprint density at radius 2 is 2.00 bits per heavy atom. The summed E-state index contributed by atoms with van der Waals surface area (Å²) >= 11 is 0. The monoisotopic (exact) mass is 254 g/mol. The molecule has 1 fully saturated rings. The van der Waals surface area contributed by atoms with Crippen molar-refractivity contribution in [2.24, 2.45) is 11.8 Å². The van der Waals surface area contributed by atoms with E-state index in [1.807, 2.05) is 4.90 Å². The van der Waals surface area contributed by atoms with E-state index in [0.29, 0.717) is 11.8 Å². The van der Waals surface area contributed by atoms with E-state index >= 15 is 0 Å². The fourth-order valence-corrected chi connectivity index (χ4v) is 2.79. The molecule has 1 rings (SSSR count). The SMILES string of the molecule is CCCCN(CC)C(=O)CC(C)C1CCNCC1. The van der Waals surface area contributed by atoms with Crippen molar-refractivity contribution in [2.75, 3.05) is 26.2 Å². The summed E-state index contributed by atoms with van der Waals surface area (Å²) < 4.78 is 0. The number of carbonyl (C=O) groups is 1. The predicted octanol–water partition coefficient (Wildman–Crippen LogP) is 2.66. The largest absolute Gasteiger partial charge is 0.343 e. The number of nitrogens with one attached hydrogen (secondary N) is 1. The lowest BCUT2D eigenvalue weighted by atomic mass is 9.84. The molecule has 18 heavy (non-hydrogen) atoms. The van der Waals surface area contributed by atoms with E-state index in [4.69, 9.17) is 0 Å². The van der Waals surface area contributed by atoms with Crippen LogP contribution in [0.4, 0.5) is 0 Å². The molecular formula is C15H30N2O. The summed E-state index contributed by atoms with van der Waals surface area (Å²) in [6, 6.07) is 0. The van der Waals surface area contributed by atoms with Crippen LogP contribution in [0.1, 0.15) is 52.9 Å². The van der Waals surface area contributed by atoms with Crippen LogP contribution in [0.5, 0.6) is 0 Å². The molecule has 0 saturated carbocycles. The van der Waals surface area contributed by atoms with E-state index < -0.39 is 0 Å². The van der Waals surface area contributed by atoms with Crippen molar-refractivity contribution in [3.8, 4) is 0 Å². The maximum atomic E-state index is 12.2. The van der Waals surface area contributed by atoms with Gasteiger partial charge in [0.1, 0.15) is 0 Å². The van der Waals surface area contributed by atoms with Gasteiger partial charge in [0.25, 0.3) is 0 Å². The van der Waals surface area contributed by atoms with Crippen LogP contribution in [0.3, 0.4) is 0 Å². The van der Waals surface area contributed by atoms with E-state index in [2.05, 4.69) is 26.1 Å². The second kappa shape index (κ2) is 8.52. The fraction of sp³-hybridized carbons (Fsp3) is 0.933. The number of hydrogen-bond acceptors (Lipinski definition) is 2. The zero-order valence-corrected chi connectivity index (χ0v) is 12.4. The molecule has 1 amide bonds. The second-order valence-electron chi connectivity index (χ2n) is 5.60. The predicted molar refractivity (Wildman–Crippen MR) is 76.5 cm³/mol. The van der Waals surface area contributed by atoms with Crippen LogP contribution in [-0.4, -0.2) is 37.0 Å². The molecule has 0 spiro atoms. The van der Waals surface area contributed by atoms with Gasteiger partial charge in [0.15, 0.2) is 0 Å². The van der Waals surface area contributed by atoms with Crippen molar-refractivity contribution < 1.29 is 4.79 Å². The van der Waals surface area contributed by atoms with E-state index in [9.17, 15) is 4.79 Å². The first-order valence-electron chi connectivity index (χ1n) is 7.67. The second-order valence-corrected chi connectivity index (χ2v) is 5.60. The third kappa shape index (κ3) is 4.97. The molecule has 0 aromatic rings. The average molecular weight is 254 g/mol. The summed E-state index contributed by atoms with van der Waals surface area (Å²) in [6.45, 7) is 10.6. The number of carbonyl (C=O) groups excluding carboxylic acids is 1. The van der Waals surface area contributed by atoms with Crippen LogP contribution in [0.15, 0.2) is 0 Å². The van der Waals surface area contributed by atoms with Crippen LogP contribution in [0, 0.1) is 11.8 Å². The molecule has 1 saturated heterocycles. The normalized spacial score (nSPS) is 18.6. The van der Waals surface area contributed by atoms with Gasteiger partial charge in [0, 0.05) is 19.5 Å². The summed E-state index contributed by atoms with van der Waals surface area (Å²) in [7, 11) is 0. The molecular weight excluding hydrogens is 224 g/mol. The molecule has 3 heteroatoms. The molecule has 1 aliphatic rings. The first kappa shape index (κ1) is 15.5. The Kier molecular flexibility index (Phi) is 7.33. The first-order valence-corrected chi connectivity index (χ1v) is 7.67. The molecule has 0 aliphatic carbocycles. The summed E-state index contributed by atoms with van der Waals surface area (Å²) in [4.78, 5) is 14.3. The molecule has 1 atom stereocenters. The van der Waals surface area contributed by atoms with Gasteiger partial charge >= 0.3 is 0 Å². The molecule has 3 nitrogen and oxygen atoms in total. The summed E-state index contributed by atoms with van der Waals surface area (Å²) in [5.41, 5.74) is 0. The smallest absolute Gasteiger partial charge is 0.222 e. The zero-order chi connectivity index (χ0) is 13.4. The Labute approximate surface area is 112 Å². The Morgan fingerprint density at radius 1 is 1.33 bits per heavy atom. The van der Waals surface area contributed by atoms with Crippen LogP contribution < -0.4 is 5.32 Å². The molecule has 106 valence electrons. The number of piperidine rings is 1. The number of rotatable bonds is 7. The van der Waals surface area contributed by atoms with Crippen molar-refractivity contribution in [1.29, 1.82) is 0 Å². The molecule has 1 N–H and O–H groups in total. The van der Waals surface area contributed by atoms with Crippen LogP contribution in [0.2, 0.25) is 0 Å². The van der Waals surface area contributed by atoms with E-state index in [0.717, 1.165) is 51.4 Å². The van der Waals surface area contributed by atoms with Gasteiger partial charge in [-0.15, -0.1) is 0 Å². The summed E-state index contributed by atoms with van der Waals surface area (Å²) in [6.07, 6.45) is 5.49. The standard InChI is InChI=1S/C15H30N2O/c1-4-6-11-17(5-2)15(18)12-13(3)14-7-9-16-10-8-14/h13-14,16H,4-12H2,1-3H3. The zero-order valence-electron chi connectivity index (χ0n) is 12.4. The number of hydrogen-bond donors (Lipinski definition) is 1. The Bertz CT molecular complexity index is 237. The number of nitrogens with zero attached hydrogens (tertiary/aromatic N) is 1. The molecule has 1 unspecified atom stereocenters. The highest BCUT2D eigenvalue weighted by atomic mass is 16.2. The topological polar surface area (TPSA) is 32.3 Å². The van der Waals surface area contributed by atoms with Crippen molar-refractivity contribution >= 4 is 5.91 Å². The van der Waals surface area contributed by atoms with Gasteiger partial charge in [-0.3, -0.25) is 4.79 Å². The van der Waals surface area contributed by atoms with Crippen LogP contribution in [-0.2, 0) is 4.79 Å². The summed E-state index contributed by atoms with van der Waals surface area (Å²) in [5.74, 6) is 1.63. The van der Waals surface area contributed by atoms with Gasteiger partial charge in [-0.2, -0.15) is 0 Å². The van der Waals surface area contributed by atoms with E-state index in [1.54, 1.807) is 0 Å². The average Bonchev–Trinajstić information content (AvgIpc) is 2.40. The lowest BCUT2D eigenvalue weighted by Crippen LogP contribution is -2.36. The third-order valence-corrected chi connectivity index (χ3v) is 4.20. The van der Waals surface area contributed by atoms with Gasteiger partial charge in [-0.25, -0.2) is 0 Å². The molecule has 0 aromatic carbocycles. The molecule has 0 aromatic heterocycles. The Morgan fingerprint density at radius 3 is 2.56 bits per heavy atom. The minimum atomic E-state index is 0.358. The number of amides is 1. The lowest BCUT2D eigenvalue weighted by Gasteiger charge is -2.29. The Balaban J connectivity index is 2.36. The number of unbranched alkanes of at least 4 members (excludes halogenated alkanes) is 1. The van der Waals surface area contributed by atoms with Gasteiger partial charge in [0.05, 0.1) is 0 Å². The molecule has 0 bridgehead atoms. The fourth-order valence-electron chi connectivity index (χ4n) is 2.79. The maximum absolute atomic E-state index is 12.2. The highest BCUT2D eigenvalue weighted by Gasteiger charge is 2.23. The van der Waals surface area contributed by atoms with Crippen molar-refractivity contribution in [3.63, 3.8) is 0 Å². The third-order valence-electron chi connectivity index (χ3n) is 4.20. The van der Waals surface area contributed by atoms with Crippen molar-refractivity contribution in [3.05, 3.63) is 0 Å². The van der Waals surface area contributed by atoms with Crippen LogP contribution >= 0.6 is 0 Å². The van der Waals surface area contributed by atoms with Gasteiger partial charge < -0.3 is 10.2 Å². The minimum Gasteiger partial charge on any atom is -0.343 e. The van der Waals surface area contributed by atoms with Crippen molar-refractivity contribution in [2.45, 2.75) is 52.9 Å². The highest BCUT2D eigenvalue weighted by Crippen LogP contribution is 2.24. The van der Waals surface area contributed by atoms with E-state index in [-0.39, 0.29) is 0 Å². The Hall–Kier alpha value is -0.570. The quantitative estimate of drug-likeness (QED) is 0.757. The van der Waals surface area contributed by atoms with Crippen molar-refractivity contribution in [1.82, 2.24) is 10.2 Å². The van der Waals surface area contributed by atoms with Crippen LogP contribution in [0.25, 0.3) is 0 Å². The van der Waals surface area contributed by atoms with Gasteiger partial charge in [0.2, 0.25) is 5.91 Å².